The maximum atomic E-state index is 11.1. The Morgan fingerprint density at radius 3 is 2.22 bits per heavy atom. The highest BCUT2D eigenvalue weighted by molar-refractivity contribution is 5.97. The third-order valence-electron chi connectivity index (χ3n) is 2.35. The predicted molar refractivity (Wildman–Crippen MR) is 58.9 cm³/mol. The summed E-state index contributed by atoms with van der Waals surface area (Å²) in [7, 11) is 1.13. The van der Waals surface area contributed by atoms with Crippen LogP contribution in [0.15, 0.2) is 6.07 Å². The Labute approximate surface area is 102 Å². The molecule has 98 valence electrons. The van der Waals surface area contributed by atoms with Crippen molar-refractivity contribution in [3.63, 3.8) is 0 Å². The molecule has 7 nitrogen and oxygen atoms in total. The normalized spacial score (nSPS) is 11.9. The fourth-order valence-corrected chi connectivity index (χ4v) is 1.56. The number of hydrogen-bond acceptors (Lipinski definition) is 6. The van der Waals surface area contributed by atoms with Gasteiger partial charge in [0.1, 0.15) is 17.4 Å². The van der Waals surface area contributed by atoms with Gasteiger partial charge >= 0.3 is 5.97 Å². The molecular weight excluding hydrogens is 244 g/mol. The van der Waals surface area contributed by atoms with Crippen LogP contribution in [0, 0.1) is 0 Å². The molecule has 0 spiro atoms. The van der Waals surface area contributed by atoms with Gasteiger partial charge in [0.05, 0.1) is 12.7 Å². The summed E-state index contributed by atoms with van der Waals surface area (Å²) in [5.74, 6) is -4.01. The van der Waals surface area contributed by atoms with Crippen LogP contribution in [0.4, 0.5) is 0 Å². The second-order valence-corrected chi connectivity index (χ2v) is 3.56. The lowest BCUT2D eigenvalue weighted by Crippen LogP contribution is -2.15. The summed E-state index contributed by atoms with van der Waals surface area (Å²) in [6.07, 6.45) is -1.82. The second kappa shape index (κ2) is 4.92. The van der Waals surface area contributed by atoms with Crippen LogP contribution in [0.2, 0.25) is 0 Å². The van der Waals surface area contributed by atoms with Crippen LogP contribution in [-0.2, 0) is 4.79 Å². The number of ketones is 1. The molecule has 0 saturated heterocycles. The Morgan fingerprint density at radius 1 is 1.28 bits per heavy atom. The van der Waals surface area contributed by atoms with Gasteiger partial charge in [-0.1, -0.05) is 0 Å². The van der Waals surface area contributed by atoms with Gasteiger partial charge in [-0.2, -0.15) is 0 Å². The summed E-state index contributed by atoms with van der Waals surface area (Å²) >= 11 is 0. The minimum atomic E-state index is -1.82. The molecule has 0 aliphatic rings. The number of carboxylic acids is 1. The van der Waals surface area contributed by atoms with Crippen LogP contribution in [0.25, 0.3) is 0 Å². The Hall–Kier alpha value is -2.28. The molecule has 0 aliphatic heterocycles. The summed E-state index contributed by atoms with van der Waals surface area (Å²) in [5.41, 5.74) is -1.16. The van der Waals surface area contributed by atoms with Crippen LogP contribution in [0.1, 0.15) is 28.9 Å². The van der Waals surface area contributed by atoms with Gasteiger partial charge in [-0.3, -0.25) is 4.79 Å². The zero-order valence-corrected chi connectivity index (χ0v) is 9.67. The molecule has 18 heavy (non-hydrogen) atoms. The fraction of sp³-hybridized carbons (Fsp3) is 0.273. The number of phenols is 2. The number of carbonyl (C=O) groups is 2. The van der Waals surface area contributed by atoms with Gasteiger partial charge in [-0.15, -0.1) is 0 Å². The van der Waals surface area contributed by atoms with Crippen molar-refractivity contribution in [3.05, 3.63) is 17.2 Å². The number of aromatic hydroxyl groups is 2. The van der Waals surface area contributed by atoms with Crippen molar-refractivity contribution in [2.75, 3.05) is 7.11 Å². The lowest BCUT2D eigenvalue weighted by Gasteiger charge is -2.17. The summed E-state index contributed by atoms with van der Waals surface area (Å²) in [4.78, 5) is 22.2. The van der Waals surface area contributed by atoms with E-state index in [4.69, 9.17) is 9.84 Å². The first-order chi connectivity index (χ1) is 8.31. The number of benzene rings is 1. The molecule has 1 unspecified atom stereocenters. The van der Waals surface area contributed by atoms with E-state index >= 15 is 0 Å². The average Bonchev–Trinajstić information content (AvgIpc) is 2.26. The summed E-state index contributed by atoms with van der Waals surface area (Å²) < 4.78 is 4.76. The topological polar surface area (TPSA) is 124 Å². The zero-order valence-electron chi connectivity index (χ0n) is 9.67. The molecule has 1 aromatic carbocycles. The van der Waals surface area contributed by atoms with Crippen LogP contribution in [0.5, 0.6) is 17.2 Å². The highest BCUT2D eigenvalue weighted by atomic mass is 16.5. The van der Waals surface area contributed by atoms with Crippen molar-refractivity contribution in [3.8, 4) is 17.2 Å². The van der Waals surface area contributed by atoms with Crippen molar-refractivity contribution in [1.82, 2.24) is 0 Å². The average molecular weight is 256 g/mol. The second-order valence-electron chi connectivity index (χ2n) is 3.56. The van der Waals surface area contributed by atoms with Crippen LogP contribution in [-0.4, -0.2) is 39.3 Å². The molecule has 0 fully saturated rings. The molecule has 0 heterocycles. The minimum Gasteiger partial charge on any atom is -0.507 e. The number of hydrogen-bond donors (Lipinski definition) is 4. The molecule has 1 rings (SSSR count). The molecule has 1 aromatic rings. The number of aliphatic hydroxyl groups is 1. The molecule has 0 bridgehead atoms. The predicted octanol–water partition coefficient (Wildman–Crippen LogP) is 0.427. The van der Waals surface area contributed by atoms with E-state index in [0.29, 0.717) is 0 Å². The molecule has 0 radical (unpaired) electrons. The van der Waals surface area contributed by atoms with Crippen molar-refractivity contribution < 1.29 is 34.8 Å². The number of aliphatic hydroxyl groups excluding tert-OH is 1. The Morgan fingerprint density at radius 2 is 1.83 bits per heavy atom. The largest absolute Gasteiger partial charge is 0.507 e. The van der Waals surface area contributed by atoms with Gasteiger partial charge in [-0.25, -0.2) is 4.79 Å². The van der Waals surface area contributed by atoms with Gasteiger partial charge in [0.2, 0.25) is 0 Å². The number of carboxylic acid groups (broad SMARTS) is 1. The first-order valence-electron chi connectivity index (χ1n) is 4.85. The van der Waals surface area contributed by atoms with Crippen molar-refractivity contribution in [1.29, 1.82) is 0 Å². The van der Waals surface area contributed by atoms with E-state index < -0.39 is 40.5 Å². The van der Waals surface area contributed by atoms with Gasteiger partial charge in [0.25, 0.3) is 0 Å². The van der Waals surface area contributed by atoms with E-state index in [-0.39, 0.29) is 5.75 Å². The van der Waals surface area contributed by atoms with Gasteiger partial charge in [-0.05, 0) is 6.92 Å². The van der Waals surface area contributed by atoms with Crippen LogP contribution in [0.3, 0.4) is 0 Å². The molecule has 4 N–H and O–H groups in total. The molecular formula is C11H12O7. The van der Waals surface area contributed by atoms with E-state index in [1.54, 1.807) is 0 Å². The standard InChI is InChI=1S/C11H12O7/c1-4(12)9(15)8-7(11(16)17)5(13)3-6(14)10(8)18-2/h3,9,13-15H,1-2H3,(H,16,17). The summed E-state index contributed by atoms with van der Waals surface area (Å²) in [5, 5.41) is 37.6. The maximum Gasteiger partial charge on any atom is 0.340 e. The number of phenolic OH excluding ortho intramolecular Hbond substituents is 1. The number of aromatic carboxylic acids is 1. The van der Waals surface area contributed by atoms with Gasteiger partial charge in [0.15, 0.2) is 17.3 Å². The van der Waals surface area contributed by atoms with E-state index in [9.17, 15) is 24.9 Å². The number of Topliss-reactive ketones (excluding diaryl/α,β-unsaturated/α-hetero) is 1. The number of carbonyl (C=O) groups excluding carboxylic acids is 1. The van der Waals surface area contributed by atoms with Crippen LogP contribution >= 0.6 is 0 Å². The third kappa shape index (κ3) is 2.21. The molecule has 0 amide bonds. The van der Waals surface area contributed by atoms with Gasteiger partial charge < -0.3 is 25.2 Å². The monoisotopic (exact) mass is 256 g/mol. The third-order valence-corrected chi connectivity index (χ3v) is 2.35. The van der Waals surface area contributed by atoms with E-state index in [2.05, 4.69) is 0 Å². The highest BCUT2D eigenvalue weighted by Gasteiger charge is 2.30. The molecule has 7 heteroatoms. The van der Waals surface area contributed by atoms with Crippen LogP contribution < -0.4 is 4.74 Å². The summed E-state index contributed by atoms with van der Waals surface area (Å²) in [6.45, 7) is 1.04. The van der Waals surface area contributed by atoms with Crippen molar-refractivity contribution in [2.45, 2.75) is 13.0 Å². The summed E-state index contributed by atoms with van der Waals surface area (Å²) in [6, 6.07) is 0.763. The Bertz CT molecular complexity index is 507. The molecule has 0 saturated carbocycles. The van der Waals surface area contributed by atoms with E-state index in [1.807, 2.05) is 0 Å². The Kier molecular flexibility index (Phi) is 3.77. The Balaban J connectivity index is 3.70. The zero-order chi connectivity index (χ0) is 14.0. The smallest absolute Gasteiger partial charge is 0.340 e. The SMILES string of the molecule is COc1c(O)cc(O)c(C(=O)O)c1C(O)C(C)=O. The van der Waals surface area contributed by atoms with Crippen molar-refractivity contribution >= 4 is 11.8 Å². The highest BCUT2D eigenvalue weighted by Crippen LogP contribution is 2.41. The van der Waals surface area contributed by atoms with Gasteiger partial charge in [0, 0.05) is 6.07 Å². The van der Waals surface area contributed by atoms with E-state index in [0.717, 1.165) is 20.1 Å². The minimum absolute atomic E-state index is 0.368. The first-order valence-corrected chi connectivity index (χ1v) is 4.85. The lowest BCUT2D eigenvalue weighted by atomic mass is 9.97. The molecule has 0 aliphatic carbocycles. The number of ether oxygens (including phenoxy) is 1. The quantitative estimate of drug-likeness (QED) is 0.615. The van der Waals surface area contributed by atoms with Crippen molar-refractivity contribution in [2.24, 2.45) is 0 Å². The number of methoxy groups -OCH3 is 1. The maximum absolute atomic E-state index is 11.1. The molecule has 1 atom stereocenters. The molecule has 0 aromatic heterocycles. The lowest BCUT2D eigenvalue weighted by molar-refractivity contribution is -0.125. The fourth-order valence-electron chi connectivity index (χ4n) is 1.56. The first kappa shape index (κ1) is 13.8. The number of rotatable bonds is 4. The van der Waals surface area contributed by atoms with E-state index in [1.165, 1.54) is 0 Å².